The Morgan fingerprint density at radius 1 is 1.38 bits per heavy atom. The van der Waals surface area contributed by atoms with E-state index in [2.05, 4.69) is 12.2 Å². The van der Waals surface area contributed by atoms with Gasteiger partial charge in [-0.05, 0) is 19.3 Å². The fourth-order valence-electron chi connectivity index (χ4n) is 2.49. The summed E-state index contributed by atoms with van der Waals surface area (Å²) in [5, 5.41) is 3.63. The Hall–Kier alpha value is -0.120. The van der Waals surface area contributed by atoms with Crippen LogP contribution >= 0.6 is 0 Å². The number of hydrogen-bond acceptors (Lipinski definition) is 3. The average Bonchev–Trinajstić information content (AvgIpc) is 3.12. The van der Waals surface area contributed by atoms with Crippen molar-refractivity contribution in [3.05, 3.63) is 0 Å². The molecule has 0 radical (unpaired) electrons. The van der Waals surface area contributed by atoms with Gasteiger partial charge in [0.05, 0.1) is 5.60 Å². The van der Waals surface area contributed by atoms with Crippen LogP contribution in [0.2, 0.25) is 0 Å². The fourth-order valence-corrected chi connectivity index (χ4v) is 2.49. The molecule has 1 aliphatic carbocycles. The van der Waals surface area contributed by atoms with E-state index in [9.17, 15) is 0 Å². The predicted octanol–water partition coefficient (Wildman–Crippen LogP) is 1.96. The number of nitrogens with one attached hydrogen (secondary N) is 1. The zero-order valence-corrected chi connectivity index (χ0v) is 10.6. The van der Waals surface area contributed by atoms with E-state index in [4.69, 9.17) is 9.47 Å². The summed E-state index contributed by atoms with van der Waals surface area (Å²) in [6.45, 7) is 4.95. The average molecular weight is 227 g/mol. The number of rotatable bonds is 6. The van der Waals surface area contributed by atoms with Gasteiger partial charge in [-0.15, -0.1) is 0 Å². The minimum Gasteiger partial charge on any atom is -0.381 e. The van der Waals surface area contributed by atoms with Crippen molar-refractivity contribution in [2.24, 2.45) is 5.92 Å². The maximum absolute atomic E-state index is 5.71. The van der Waals surface area contributed by atoms with Crippen LogP contribution in [-0.2, 0) is 9.47 Å². The molecular formula is C13H25NO2. The van der Waals surface area contributed by atoms with Crippen LogP contribution in [0.3, 0.4) is 0 Å². The van der Waals surface area contributed by atoms with Crippen LogP contribution in [0, 0.1) is 5.92 Å². The summed E-state index contributed by atoms with van der Waals surface area (Å²) in [5.74, 6) is 0.996. The second kappa shape index (κ2) is 5.48. The van der Waals surface area contributed by atoms with E-state index in [0.29, 0.717) is 6.04 Å². The van der Waals surface area contributed by atoms with Gasteiger partial charge in [0, 0.05) is 45.8 Å². The van der Waals surface area contributed by atoms with Gasteiger partial charge < -0.3 is 14.8 Å². The Balaban J connectivity index is 1.72. The molecule has 1 atom stereocenters. The standard InChI is InChI=1S/C13H25NO2/c1-11(9-12-3-4-12)14-10-13(15-2)5-7-16-8-6-13/h11-12,14H,3-10H2,1-2H3. The SMILES string of the molecule is COC1(CNC(C)CC2CC2)CCOCC1. The molecule has 16 heavy (non-hydrogen) atoms. The van der Waals surface area contributed by atoms with Crippen LogP contribution in [0.25, 0.3) is 0 Å². The van der Waals surface area contributed by atoms with Crippen LogP contribution in [-0.4, -0.2) is 38.5 Å². The molecule has 0 spiro atoms. The van der Waals surface area contributed by atoms with Crippen molar-refractivity contribution in [2.75, 3.05) is 26.9 Å². The normalized spacial score (nSPS) is 26.6. The molecule has 1 saturated heterocycles. The number of ether oxygens (including phenoxy) is 2. The summed E-state index contributed by atoms with van der Waals surface area (Å²) < 4.78 is 11.1. The molecule has 0 amide bonds. The summed E-state index contributed by atoms with van der Waals surface area (Å²) in [7, 11) is 1.83. The third-order valence-corrected chi connectivity index (χ3v) is 3.99. The van der Waals surface area contributed by atoms with Gasteiger partial charge in [0.25, 0.3) is 0 Å². The Morgan fingerprint density at radius 3 is 2.62 bits per heavy atom. The molecular weight excluding hydrogens is 202 g/mol. The van der Waals surface area contributed by atoms with Gasteiger partial charge in [0.15, 0.2) is 0 Å². The molecule has 1 aliphatic heterocycles. The first-order chi connectivity index (χ1) is 7.74. The Labute approximate surface area is 98.9 Å². The van der Waals surface area contributed by atoms with E-state index in [1.54, 1.807) is 0 Å². The molecule has 0 aromatic heterocycles. The summed E-state index contributed by atoms with van der Waals surface area (Å²) in [5.41, 5.74) is 0.0239. The lowest BCUT2D eigenvalue weighted by Gasteiger charge is -2.37. The first-order valence-corrected chi connectivity index (χ1v) is 6.60. The minimum absolute atomic E-state index is 0.0239. The molecule has 1 saturated carbocycles. The summed E-state index contributed by atoms with van der Waals surface area (Å²) >= 11 is 0. The lowest BCUT2D eigenvalue weighted by atomic mass is 9.93. The predicted molar refractivity (Wildman–Crippen MR) is 64.6 cm³/mol. The largest absolute Gasteiger partial charge is 0.381 e. The monoisotopic (exact) mass is 227 g/mol. The van der Waals surface area contributed by atoms with E-state index in [1.807, 2.05) is 7.11 Å². The minimum atomic E-state index is 0.0239. The van der Waals surface area contributed by atoms with E-state index in [1.165, 1.54) is 19.3 Å². The third-order valence-electron chi connectivity index (χ3n) is 3.99. The van der Waals surface area contributed by atoms with E-state index in [0.717, 1.165) is 38.5 Å². The second-order valence-electron chi connectivity index (χ2n) is 5.46. The van der Waals surface area contributed by atoms with Crippen molar-refractivity contribution in [2.45, 2.75) is 50.7 Å². The number of methoxy groups -OCH3 is 1. The summed E-state index contributed by atoms with van der Waals surface area (Å²) in [6.07, 6.45) is 6.25. The van der Waals surface area contributed by atoms with Gasteiger partial charge in [-0.25, -0.2) is 0 Å². The van der Waals surface area contributed by atoms with Crippen molar-refractivity contribution in [1.29, 1.82) is 0 Å². The molecule has 2 aliphatic rings. The third kappa shape index (κ3) is 3.44. The molecule has 1 unspecified atom stereocenters. The first kappa shape index (κ1) is 12.3. The molecule has 0 aromatic rings. The van der Waals surface area contributed by atoms with Crippen LogP contribution in [0.1, 0.15) is 39.0 Å². The van der Waals surface area contributed by atoms with Gasteiger partial charge in [0.2, 0.25) is 0 Å². The van der Waals surface area contributed by atoms with Crippen LogP contribution in [0.5, 0.6) is 0 Å². The number of hydrogen-bond donors (Lipinski definition) is 1. The molecule has 94 valence electrons. The van der Waals surface area contributed by atoms with Crippen molar-refractivity contribution >= 4 is 0 Å². The van der Waals surface area contributed by atoms with Crippen LogP contribution in [0.4, 0.5) is 0 Å². The lowest BCUT2D eigenvalue weighted by molar-refractivity contribution is -0.0885. The van der Waals surface area contributed by atoms with E-state index in [-0.39, 0.29) is 5.60 Å². The fraction of sp³-hybridized carbons (Fsp3) is 1.00. The smallest absolute Gasteiger partial charge is 0.0846 e. The zero-order chi connectivity index (χ0) is 11.4. The highest BCUT2D eigenvalue weighted by molar-refractivity contribution is 4.87. The second-order valence-corrected chi connectivity index (χ2v) is 5.46. The molecule has 0 aromatic carbocycles. The Morgan fingerprint density at radius 2 is 2.06 bits per heavy atom. The highest BCUT2D eigenvalue weighted by Gasteiger charge is 2.33. The maximum Gasteiger partial charge on any atom is 0.0846 e. The van der Waals surface area contributed by atoms with Crippen LogP contribution in [0.15, 0.2) is 0 Å². The van der Waals surface area contributed by atoms with Crippen molar-refractivity contribution in [3.63, 3.8) is 0 Å². The van der Waals surface area contributed by atoms with Gasteiger partial charge in [-0.3, -0.25) is 0 Å². The highest BCUT2D eigenvalue weighted by Crippen LogP contribution is 2.33. The molecule has 3 nitrogen and oxygen atoms in total. The topological polar surface area (TPSA) is 30.5 Å². The van der Waals surface area contributed by atoms with Gasteiger partial charge >= 0.3 is 0 Å². The Kier molecular flexibility index (Phi) is 4.22. The molecule has 2 rings (SSSR count). The molecule has 3 heteroatoms. The highest BCUT2D eigenvalue weighted by atomic mass is 16.5. The lowest BCUT2D eigenvalue weighted by Crippen LogP contribution is -2.48. The Bertz CT molecular complexity index is 210. The van der Waals surface area contributed by atoms with Crippen molar-refractivity contribution < 1.29 is 9.47 Å². The van der Waals surface area contributed by atoms with Gasteiger partial charge in [-0.1, -0.05) is 12.8 Å². The van der Waals surface area contributed by atoms with E-state index < -0.39 is 0 Å². The maximum atomic E-state index is 5.71. The summed E-state index contributed by atoms with van der Waals surface area (Å²) in [6, 6.07) is 0.627. The molecule has 2 fully saturated rings. The van der Waals surface area contributed by atoms with Crippen LogP contribution < -0.4 is 5.32 Å². The molecule has 1 heterocycles. The summed E-state index contributed by atoms with van der Waals surface area (Å²) in [4.78, 5) is 0. The first-order valence-electron chi connectivity index (χ1n) is 6.60. The molecule has 0 bridgehead atoms. The molecule has 1 N–H and O–H groups in total. The van der Waals surface area contributed by atoms with Crippen molar-refractivity contribution in [1.82, 2.24) is 5.32 Å². The van der Waals surface area contributed by atoms with Gasteiger partial charge in [-0.2, -0.15) is 0 Å². The van der Waals surface area contributed by atoms with Gasteiger partial charge in [0.1, 0.15) is 0 Å². The van der Waals surface area contributed by atoms with E-state index >= 15 is 0 Å². The zero-order valence-electron chi connectivity index (χ0n) is 10.6. The quantitative estimate of drug-likeness (QED) is 0.752. The van der Waals surface area contributed by atoms with Crippen molar-refractivity contribution in [3.8, 4) is 0 Å².